The van der Waals surface area contributed by atoms with Gasteiger partial charge in [-0.2, -0.15) is 0 Å². The summed E-state index contributed by atoms with van der Waals surface area (Å²) in [5.74, 6) is 3.28. The molecule has 3 rings (SSSR count). The van der Waals surface area contributed by atoms with Crippen molar-refractivity contribution in [2.24, 2.45) is 0 Å². The lowest BCUT2D eigenvalue weighted by Crippen LogP contribution is -2.44. The molecule has 114 valence electrons. The first-order chi connectivity index (χ1) is 10.1. The second-order valence-electron chi connectivity index (χ2n) is 5.67. The molecule has 0 bridgehead atoms. The molecule has 1 aromatic heterocycles. The van der Waals surface area contributed by atoms with Crippen LogP contribution in [-0.2, 0) is 22.7 Å². The van der Waals surface area contributed by atoms with Crippen LogP contribution >= 0.6 is 11.8 Å². The van der Waals surface area contributed by atoms with Gasteiger partial charge in [0.2, 0.25) is 11.8 Å². The molecule has 2 amide bonds. The molecule has 0 saturated carbocycles. The topological polar surface area (TPSA) is 71.3 Å². The number of hydrogen-bond donors (Lipinski definition) is 0. The second kappa shape index (κ2) is 5.67. The first-order valence-electron chi connectivity index (χ1n) is 7.11. The lowest BCUT2D eigenvalue weighted by molar-refractivity contribution is -0.139. The summed E-state index contributed by atoms with van der Waals surface area (Å²) in [6.45, 7) is 6.21. The van der Waals surface area contributed by atoms with E-state index in [9.17, 15) is 9.59 Å². The van der Waals surface area contributed by atoms with Crippen molar-refractivity contribution in [3.63, 3.8) is 0 Å². The number of nitrogens with zero attached hydrogens (tertiary/aromatic N) is 5. The van der Waals surface area contributed by atoms with E-state index in [1.807, 2.05) is 0 Å². The summed E-state index contributed by atoms with van der Waals surface area (Å²) >= 11 is 1.55. The Morgan fingerprint density at radius 1 is 1.33 bits per heavy atom. The van der Waals surface area contributed by atoms with Gasteiger partial charge < -0.3 is 14.4 Å². The quantitative estimate of drug-likeness (QED) is 0.802. The van der Waals surface area contributed by atoms with Crippen LogP contribution in [0.4, 0.5) is 0 Å². The van der Waals surface area contributed by atoms with Crippen molar-refractivity contribution < 1.29 is 9.59 Å². The maximum absolute atomic E-state index is 12.3. The zero-order valence-electron chi connectivity index (χ0n) is 12.3. The fraction of sp³-hybridized carbons (Fsp3) is 0.692. The monoisotopic (exact) mass is 309 g/mol. The molecule has 1 aromatic rings. The number of amides is 2. The minimum Gasteiger partial charge on any atom is -0.332 e. The van der Waals surface area contributed by atoms with Gasteiger partial charge in [-0.05, 0) is 0 Å². The molecule has 0 unspecified atom stereocenters. The number of hydrogen-bond acceptors (Lipinski definition) is 5. The van der Waals surface area contributed by atoms with Crippen LogP contribution in [-0.4, -0.2) is 61.1 Å². The standard InChI is InChI=1S/C13H19N5O2S/c1-9(2)13-15-14-10-5-16(3-4-18(10)13)11(19)6-17-8-21-7-12(17)20/h9H,3-8H2,1-2H3. The Bertz CT molecular complexity index is 571. The molecule has 0 radical (unpaired) electrons. The number of thioether (sulfide) groups is 1. The first-order valence-corrected chi connectivity index (χ1v) is 8.27. The van der Waals surface area contributed by atoms with Crippen LogP contribution in [0.1, 0.15) is 31.4 Å². The van der Waals surface area contributed by atoms with Gasteiger partial charge >= 0.3 is 0 Å². The van der Waals surface area contributed by atoms with Gasteiger partial charge in [-0.15, -0.1) is 22.0 Å². The van der Waals surface area contributed by atoms with Gasteiger partial charge in [0.1, 0.15) is 12.4 Å². The van der Waals surface area contributed by atoms with Gasteiger partial charge in [0.25, 0.3) is 0 Å². The van der Waals surface area contributed by atoms with Crippen molar-refractivity contribution in [2.45, 2.75) is 32.9 Å². The van der Waals surface area contributed by atoms with E-state index in [0.717, 1.165) is 18.2 Å². The Morgan fingerprint density at radius 2 is 2.14 bits per heavy atom. The van der Waals surface area contributed by atoms with Gasteiger partial charge in [-0.25, -0.2) is 0 Å². The average Bonchev–Trinajstić information content (AvgIpc) is 3.04. The number of carbonyl (C=O) groups is 2. The zero-order chi connectivity index (χ0) is 15.0. The number of rotatable bonds is 3. The molecule has 0 aliphatic carbocycles. The van der Waals surface area contributed by atoms with Crippen molar-refractivity contribution in [1.29, 1.82) is 0 Å². The fourth-order valence-electron chi connectivity index (χ4n) is 2.62. The lowest BCUT2D eigenvalue weighted by atomic mass is 10.2. The summed E-state index contributed by atoms with van der Waals surface area (Å²) in [5.41, 5.74) is 0. The molecule has 0 spiro atoms. The van der Waals surface area contributed by atoms with E-state index in [-0.39, 0.29) is 18.4 Å². The van der Waals surface area contributed by atoms with Gasteiger partial charge in [-0.3, -0.25) is 9.59 Å². The number of carbonyl (C=O) groups excluding carboxylic acids is 2. The predicted molar refractivity (Wildman–Crippen MR) is 78.6 cm³/mol. The molecular weight excluding hydrogens is 290 g/mol. The molecule has 0 N–H and O–H groups in total. The van der Waals surface area contributed by atoms with E-state index in [0.29, 0.717) is 30.6 Å². The summed E-state index contributed by atoms with van der Waals surface area (Å²) in [6, 6.07) is 0. The highest BCUT2D eigenvalue weighted by Crippen LogP contribution is 2.19. The minimum atomic E-state index is -0.00815. The normalized spacial score (nSPS) is 18.5. The SMILES string of the molecule is CC(C)c1nnc2n1CCN(C(=O)CN1CSCC1=O)C2. The Morgan fingerprint density at radius 3 is 2.81 bits per heavy atom. The summed E-state index contributed by atoms with van der Waals surface area (Å²) in [4.78, 5) is 27.3. The molecule has 2 aliphatic heterocycles. The summed E-state index contributed by atoms with van der Waals surface area (Å²) in [7, 11) is 0. The van der Waals surface area contributed by atoms with Crippen molar-refractivity contribution in [2.75, 3.05) is 24.7 Å². The highest BCUT2D eigenvalue weighted by molar-refractivity contribution is 8.00. The third kappa shape index (κ3) is 2.76. The number of fused-ring (bicyclic) bond motifs is 1. The third-order valence-corrected chi connectivity index (χ3v) is 4.75. The van der Waals surface area contributed by atoms with Crippen molar-refractivity contribution >= 4 is 23.6 Å². The summed E-state index contributed by atoms with van der Waals surface area (Å²) in [6.07, 6.45) is 0. The van der Waals surface area contributed by atoms with E-state index in [2.05, 4.69) is 28.6 Å². The van der Waals surface area contributed by atoms with Crippen molar-refractivity contribution in [3.05, 3.63) is 11.6 Å². The van der Waals surface area contributed by atoms with Gasteiger partial charge in [0.15, 0.2) is 5.82 Å². The molecule has 7 nitrogen and oxygen atoms in total. The molecule has 0 aromatic carbocycles. The highest BCUT2D eigenvalue weighted by atomic mass is 32.2. The van der Waals surface area contributed by atoms with Crippen molar-refractivity contribution in [1.82, 2.24) is 24.6 Å². The highest BCUT2D eigenvalue weighted by Gasteiger charge is 2.29. The molecule has 0 atom stereocenters. The van der Waals surface area contributed by atoms with E-state index >= 15 is 0 Å². The second-order valence-corrected chi connectivity index (χ2v) is 6.62. The van der Waals surface area contributed by atoms with E-state index in [4.69, 9.17) is 0 Å². The molecular formula is C13H19N5O2S. The molecule has 8 heteroatoms. The molecule has 2 aliphatic rings. The average molecular weight is 309 g/mol. The fourth-order valence-corrected chi connectivity index (χ4v) is 3.53. The molecule has 1 fully saturated rings. The van der Waals surface area contributed by atoms with Gasteiger partial charge in [0, 0.05) is 19.0 Å². The van der Waals surface area contributed by atoms with Crippen molar-refractivity contribution in [3.8, 4) is 0 Å². The van der Waals surface area contributed by atoms with E-state index in [1.54, 1.807) is 21.6 Å². The molecule has 21 heavy (non-hydrogen) atoms. The van der Waals surface area contributed by atoms with E-state index < -0.39 is 0 Å². The number of aromatic nitrogens is 3. The first kappa shape index (κ1) is 14.4. The van der Waals surface area contributed by atoms with Crippen LogP contribution in [0.15, 0.2) is 0 Å². The maximum atomic E-state index is 12.3. The predicted octanol–water partition coefficient (Wildman–Crippen LogP) is 0.277. The Hall–Kier alpha value is -1.57. The summed E-state index contributed by atoms with van der Waals surface area (Å²) in [5, 5.41) is 8.41. The summed E-state index contributed by atoms with van der Waals surface area (Å²) < 4.78 is 2.10. The maximum Gasteiger partial charge on any atom is 0.242 e. The Balaban J connectivity index is 1.66. The van der Waals surface area contributed by atoms with Crippen LogP contribution in [0, 0.1) is 0 Å². The smallest absolute Gasteiger partial charge is 0.242 e. The van der Waals surface area contributed by atoms with Gasteiger partial charge in [-0.1, -0.05) is 13.8 Å². The Labute approximate surface area is 127 Å². The van der Waals surface area contributed by atoms with Crippen LogP contribution < -0.4 is 0 Å². The lowest BCUT2D eigenvalue weighted by Gasteiger charge is -2.29. The van der Waals surface area contributed by atoms with Crippen LogP contribution in [0.3, 0.4) is 0 Å². The van der Waals surface area contributed by atoms with Crippen LogP contribution in [0.5, 0.6) is 0 Å². The largest absolute Gasteiger partial charge is 0.332 e. The molecule has 1 saturated heterocycles. The van der Waals surface area contributed by atoms with Crippen LogP contribution in [0.2, 0.25) is 0 Å². The van der Waals surface area contributed by atoms with E-state index in [1.165, 1.54) is 0 Å². The third-order valence-electron chi connectivity index (χ3n) is 3.80. The van der Waals surface area contributed by atoms with Crippen LogP contribution in [0.25, 0.3) is 0 Å². The Kier molecular flexibility index (Phi) is 3.88. The van der Waals surface area contributed by atoms with Gasteiger partial charge in [0.05, 0.1) is 18.2 Å². The zero-order valence-corrected chi connectivity index (χ0v) is 13.1. The molecule has 3 heterocycles. The minimum absolute atomic E-state index is 0.00815.